The second-order valence-electron chi connectivity index (χ2n) is 16.9. The Hall–Kier alpha value is -2.05. The van der Waals surface area contributed by atoms with E-state index in [0.717, 1.165) is 89.9 Å². The van der Waals surface area contributed by atoms with E-state index >= 15 is 0 Å². The number of aliphatic hydroxyl groups excluding tert-OH is 7. The molecule has 2 aliphatic rings. The summed E-state index contributed by atoms with van der Waals surface area (Å²) in [6.07, 6.45) is 24.6. The van der Waals surface area contributed by atoms with Gasteiger partial charge >= 0.3 is 5.97 Å². The maximum Gasteiger partial charge on any atom is 0.306 e. The van der Waals surface area contributed by atoms with Gasteiger partial charge in [-0.1, -0.05) is 127 Å². The lowest BCUT2D eigenvalue weighted by atomic mass is 9.98. The number of unbranched alkanes of at least 4 members (excludes halogenated alkanes) is 15. The third-order valence-electron chi connectivity index (χ3n) is 11.3. The fourth-order valence-corrected chi connectivity index (χ4v) is 7.35. The van der Waals surface area contributed by atoms with Crippen molar-refractivity contribution < 1.29 is 69.0 Å². The predicted molar refractivity (Wildman–Crippen MR) is 243 cm³/mol. The van der Waals surface area contributed by atoms with E-state index in [1.54, 1.807) is 0 Å². The van der Waals surface area contributed by atoms with Crippen LogP contribution in [0.25, 0.3) is 0 Å². The number of rotatable bonds is 37. The lowest BCUT2D eigenvalue weighted by Crippen LogP contribution is -2.61. The van der Waals surface area contributed by atoms with Crippen molar-refractivity contribution in [2.24, 2.45) is 0 Å². The minimum absolute atomic E-state index is 0.0481. The van der Waals surface area contributed by atoms with Crippen LogP contribution in [0, 0.1) is 0 Å². The Morgan fingerprint density at radius 2 is 1.03 bits per heavy atom. The van der Waals surface area contributed by atoms with E-state index < -0.39 is 86.7 Å². The summed E-state index contributed by atoms with van der Waals surface area (Å²) in [6.45, 7) is 3.50. The van der Waals surface area contributed by atoms with Crippen molar-refractivity contribution in [3.63, 3.8) is 0 Å². The van der Waals surface area contributed by atoms with E-state index in [4.69, 9.17) is 28.4 Å². The van der Waals surface area contributed by atoms with Crippen LogP contribution in [0.5, 0.6) is 0 Å². The smallest absolute Gasteiger partial charge is 0.306 e. The topological polar surface area (TPSA) is 214 Å². The van der Waals surface area contributed by atoms with E-state index in [9.17, 15) is 40.5 Å². The number of carbonyl (C=O) groups excluding carboxylic acids is 1. The summed E-state index contributed by atoms with van der Waals surface area (Å²) in [4.78, 5) is 13.0. The molecule has 0 radical (unpaired) electrons. The highest BCUT2D eigenvalue weighted by atomic mass is 16.7. The van der Waals surface area contributed by atoms with Crippen molar-refractivity contribution in [3.8, 4) is 0 Å². The molecule has 2 fully saturated rings. The minimum Gasteiger partial charge on any atom is -0.457 e. The summed E-state index contributed by atoms with van der Waals surface area (Å²) in [6, 6.07) is 0. The second kappa shape index (κ2) is 37.1. The third kappa shape index (κ3) is 25.4. The van der Waals surface area contributed by atoms with Crippen molar-refractivity contribution in [2.75, 3.05) is 33.0 Å². The second-order valence-corrected chi connectivity index (χ2v) is 16.9. The molecule has 0 aromatic heterocycles. The van der Waals surface area contributed by atoms with Gasteiger partial charge in [-0.2, -0.15) is 0 Å². The Labute approximate surface area is 378 Å². The molecule has 2 heterocycles. The Morgan fingerprint density at radius 1 is 0.540 bits per heavy atom. The average Bonchev–Trinajstić information content (AvgIpc) is 3.28. The molecule has 0 saturated carbocycles. The fourth-order valence-electron chi connectivity index (χ4n) is 7.35. The molecule has 0 aliphatic carbocycles. The van der Waals surface area contributed by atoms with Crippen LogP contribution in [0.3, 0.4) is 0 Å². The number of esters is 1. The van der Waals surface area contributed by atoms with Gasteiger partial charge in [0.2, 0.25) is 0 Å². The van der Waals surface area contributed by atoms with Gasteiger partial charge in [0, 0.05) is 13.0 Å². The molecule has 11 unspecified atom stereocenters. The van der Waals surface area contributed by atoms with Crippen molar-refractivity contribution >= 4 is 5.97 Å². The van der Waals surface area contributed by atoms with Crippen molar-refractivity contribution in [1.29, 1.82) is 0 Å². The minimum atomic E-state index is -1.71. The largest absolute Gasteiger partial charge is 0.457 e. The summed E-state index contributed by atoms with van der Waals surface area (Å²) in [5, 5.41) is 72.0. The standard InChI is InChI=1S/C49H86O14/c1-3-5-7-9-11-13-15-17-18-19-21-23-25-27-29-31-33-58-35-38(61-41(51)32-30-28-26-24-22-20-16-14-12-10-8-6-4-2)36-59-48-47(57)45(55)43(53)40(63-48)37-60-49-46(56)44(54)42(52)39(34-50)62-49/h5,7,11,13-14,16-18,38-40,42-50,52-57H,3-4,6,8-10,12,15,19-37H2,1-2H3/b7-5-,13-11-,16-14-,18-17-. The Morgan fingerprint density at radius 3 is 1.63 bits per heavy atom. The van der Waals surface area contributed by atoms with E-state index in [2.05, 4.69) is 62.5 Å². The van der Waals surface area contributed by atoms with Crippen molar-refractivity contribution in [1.82, 2.24) is 0 Å². The molecule has 63 heavy (non-hydrogen) atoms. The van der Waals surface area contributed by atoms with Crippen LogP contribution in [0.2, 0.25) is 0 Å². The molecule has 7 N–H and O–H groups in total. The number of carbonyl (C=O) groups is 1. The predicted octanol–water partition coefficient (Wildman–Crippen LogP) is 6.40. The zero-order chi connectivity index (χ0) is 45.9. The first-order chi connectivity index (χ1) is 30.6. The van der Waals surface area contributed by atoms with Gasteiger partial charge in [-0.15, -0.1) is 0 Å². The SMILES string of the molecule is CC/C=C\C/C=C\C/C=C\CCCCCCCCOCC(COC1OC(COC2OC(CO)C(O)C(O)C2O)C(O)C(O)C1O)OC(=O)CCCCCCC/C=C\CCCCCC. The lowest BCUT2D eigenvalue weighted by molar-refractivity contribution is -0.332. The molecule has 0 bridgehead atoms. The van der Waals surface area contributed by atoms with Gasteiger partial charge in [0.15, 0.2) is 12.6 Å². The van der Waals surface area contributed by atoms with E-state index in [1.807, 2.05) is 0 Å². The van der Waals surface area contributed by atoms with Crippen LogP contribution in [-0.2, 0) is 33.2 Å². The maximum absolute atomic E-state index is 13.0. The number of ether oxygens (including phenoxy) is 6. The van der Waals surface area contributed by atoms with Crippen LogP contribution in [-0.4, -0.2) is 142 Å². The van der Waals surface area contributed by atoms with Crippen LogP contribution < -0.4 is 0 Å². The lowest BCUT2D eigenvalue weighted by Gasteiger charge is -2.42. The molecular formula is C49H86O14. The molecular weight excluding hydrogens is 813 g/mol. The molecule has 0 aromatic rings. The van der Waals surface area contributed by atoms with E-state index in [1.165, 1.54) is 38.5 Å². The monoisotopic (exact) mass is 899 g/mol. The molecule has 0 spiro atoms. The Bertz CT molecular complexity index is 1230. The number of allylic oxidation sites excluding steroid dienone is 8. The number of hydrogen-bond donors (Lipinski definition) is 7. The third-order valence-corrected chi connectivity index (χ3v) is 11.3. The van der Waals surface area contributed by atoms with Crippen LogP contribution >= 0.6 is 0 Å². The Kier molecular flexibility index (Phi) is 33.6. The van der Waals surface area contributed by atoms with Crippen molar-refractivity contribution in [2.45, 2.75) is 223 Å². The first-order valence-corrected chi connectivity index (χ1v) is 24.2. The van der Waals surface area contributed by atoms with Gasteiger partial charge in [-0.25, -0.2) is 0 Å². The summed E-state index contributed by atoms with van der Waals surface area (Å²) in [5.41, 5.74) is 0. The first-order valence-electron chi connectivity index (χ1n) is 24.2. The highest BCUT2D eigenvalue weighted by Crippen LogP contribution is 2.26. The molecule has 0 aromatic carbocycles. The normalized spacial score (nSPS) is 27.4. The highest BCUT2D eigenvalue weighted by molar-refractivity contribution is 5.69. The highest BCUT2D eigenvalue weighted by Gasteiger charge is 2.47. The van der Waals surface area contributed by atoms with E-state index in [0.29, 0.717) is 13.0 Å². The van der Waals surface area contributed by atoms with Crippen LogP contribution in [0.1, 0.15) is 155 Å². The molecule has 11 atom stereocenters. The summed E-state index contributed by atoms with van der Waals surface area (Å²) in [5.74, 6) is -0.393. The molecule has 14 nitrogen and oxygen atoms in total. The Balaban J connectivity index is 1.80. The summed E-state index contributed by atoms with van der Waals surface area (Å²) >= 11 is 0. The molecule has 0 amide bonds. The zero-order valence-corrected chi connectivity index (χ0v) is 38.5. The molecule has 366 valence electrons. The molecule has 14 heteroatoms. The van der Waals surface area contributed by atoms with Gasteiger partial charge in [0.05, 0.1) is 26.4 Å². The zero-order valence-electron chi connectivity index (χ0n) is 38.5. The fraction of sp³-hybridized carbons (Fsp3) is 0.816. The number of hydrogen-bond acceptors (Lipinski definition) is 14. The van der Waals surface area contributed by atoms with Crippen molar-refractivity contribution in [3.05, 3.63) is 48.6 Å². The summed E-state index contributed by atoms with van der Waals surface area (Å²) < 4.78 is 34.2. The van der Waals surface area contributed by atoms with Gasteiger partial charge in [0.1, 0.15) is 54.9 Å². The van der Waals surface area contributed by atoms with Crippen LogP contribution in [0.4, 0.5) is 0 Å². The van der Waals surface area contributed by atoms with Gasteiger partial charge in [-0.3, -0.25) is 4.79 Å². The molecule has 2 saturated heterocycles. The maximum atomic E-state index is 13.0. The first kappa shape index (κ1) is 57.1. The molecule has 2 aliphatic heterocycles. The summed E-state index contributed by atoms with van der Waals surface area (Å²) in [7, 11) is 0. The van der Waals surface area contributed by atoms with Crippen LogP contribution in [0.15, 0.2) is 48.6 Å². The average molecular weight is 899 g/mol. The van der Waals surface area contributed by atoms with E-state index in [-0.39, 0.29) is 19.6 Å². The van der Waals surface area contributed by atoms with Gasteiger partial charge < -0.3 is 64.2 Å². The van der Waals surface area contributed by atoms with Gasteiger partial charge in [0.25, 0.3) is 0 Å². The number of aliphatic hydroxyl groups is 7. The van der Waals surface area contributed by atoms with Gasteiger partial charge in [-0.05, 0) is 70.6 Å². The molecule has 2 rings (SSSR count). The quantitative estimate of drug-likeness (QED) is 0.0204.